The SMILES string of the molecule is c1ccc(-c2nc(-c3cccc(-c4cccc5oc6cc7oc8ccccc8c7cc6c45)c3)nc(-c3ccc4c(c3)oc3cc(-c5ccc6c(c5)oc5cc7oc8cccc(-c9cccc(-c%10nc(-c%11ccccc%11)nc(-c%11cccc%12oc%13ccccc%13c%11%12)n%10)c9)c8c7cc56)ccc34)n2)cc1. The van der Waals surface area contributed by atoms with Crippen LogP contribution in [0.1, 0.15) is 0 Å². The third-order valence-corrected chi connectivity index (χ3v) is 20.0. The van der Waals surface area contributed by atoms with Gasteiger partial charge in [-0.3, -0.25) is 0 Å². The molecule has 12 nitrogen and oxygen atoms in total. The average Bonchev–Trinajstić information content (AvgIpc) is 1.58. The van der Waals surface area contributed by atoms with Crippen molar-refractivity contribution >= 4 is 132 Å². The molecule has 0 bridgehead atoms. The first-order valence-electron chi connectivity index (χ1n) is 33.8. The highest BCUT2D eigenvalue weighted by molar-refractivity contribution is 6.21. The minimum absolute atomic E-state index is 0.525. The number of hydrogen-bond donors (Lipinski definition) is 0. The first-order chi connectivity index (χ1) is 50.4. The van der Waals surface area contributed by atoms with E-state index < -0.39 is 0 Å². The largest absolute Gasteiger partial charge is 0.456 e. The maximum atomic E-state index is 6.78. The summed E-state index contributed by atoms with van der Waals surface area (Å²) < 4.78 is 39.3. The molecule has 22 rings (SSSR count). The molecule has 22 aromatic rings. The zero-order valence-electron chi connectivity index (χ0n) is 53.8. The predicted molar refractivity (Wildman–Crippen MR) is 406 cm³/mol. The summed E-state index contributed by atoms with van der Waals surface area (Å²) in [6.45, 7) is 0. The van der Waals surface area contributed by atoms with Crippen LogP contribution in [-0.4, -0.2) is 29.9 Å². The molecule has 0 aliphatic carbocycles. The lowest BCUT2D eigenvalue weighted by Gasteiger charge is -2.11. The normalized spacial score (nSPS) is 12.1. The third kappa shape index (κ3) is 8.82. The van der Waals surface area contributed by atoms with Gasteiger partial charge in [-0.25, -0.2) is 29.9 Å². The Balaban J connectivity index is 0.591. The van der Waals surface area contributed by atoms with Gasteiger partial charge in [0.2, 0.25) is 0 Å². The number of rotatable bonds is 9. The van der Waals surface area contributed by atoms with Gasteiger partial charge in [0.25, 0.3) is 0 Å². The highest BCUT2D eigenvalue weighted by atomic mass is 16.4. The third-order valence-electron chi connectivity index (χ3n) is 20.0. The Hall–Kier alpha value is -14.1. The number of hydrogen-bond acceptors (Lipinski definition) is 12. The molecule has 474 valence electrons. The molecule has 0 saturated heterocycles. The summed E-state index contributed by atoms with van der Waals surface area (Å²) >= 11 is 0. The van der Waals surface area contributed by atoms with Gasteiger partial charge in [-0.15, -0.1) is 0 Å². The summed E-state index contributed by atoms with van der Waals surface area (Å²) in [4.78, 5) is 31.0. The lowest BCUT2D eigenvalue weighted by atomic mass is 9.97. The number of nitrogens with zero attached hydrogens (tertiary/aromatic N) is 6. The fourth-order valence-electron chi connectivity index (χ4n) is 15.2. The second kappa shape index (κ2) is 21.7. The van der Waals surface area contributed by atoms with E-state index in [0.29, 0.717) is 34.9 Å². The molecule has 14 aromatic carbocycles. The van der Waals surface area contributed by atoms with Gasteiger partial charge in [0.1, 0.15) is 67.0 Å². The van der Waals surface area contributed by atoms with E-state index in [9.17, 15) is 0 Å². The molecule has 8 heterocycles. The molecular weight excluding hydrogens is 1260 g/mol. The molecule has 8 aromatic heterocycles. The van der Waals surface area contributed by atoms with Crippen molar-refractivity contribution < 1.29 is 26.5 Å². The molecule has 0 spiro atoms. The topological polar surface area (TPSA) is 156 Å². The van der Waals surface area contributed by atoms with Crippen LogP contribution in [0.4, 0.5) is 0 Å². The van der Waals surface area contributed by atoms with Gasteiger partial charge in [0.05, 0.1) is 0 Å². The van der Waals surface area contributed by atoms with Crippen molar-refractivity contribution in [3.05, 3.63) is 291 Å². The van der Waals surface area contributed by atoms with Crippen LogP contribution in [0.25, 0.3) is 233 Å². The Morgan fingerprint density at radius 2 is 0.451 bits per heavy atom. The van der Waals surface area contributed by atoms with Crippen LogP contribution in [0, 0.1) is 0 Å². The smallest absolute Gasteiger partial charge is 0.164 e. The number of para-hydroxylation sites is 2. The Morgan fingerprint density at radius 3 is 0.971 bits per heavy atom. The fourth-order valence-corrected chi connectivity index (χ4v) is 15.2. The van der Waals surface area contributed by atoms with Gasteiger partial charge < -0.3 is 26.5 Å². The standard InChI is InChI=1S/C90H48N6O6/c1-3-16-49(17-4-1)85-91-87(55-22-11-20-53(40-55)58-26-13-31-72-82(58)68-45-66-60-24-7-9-29-70(60)98-78(66)47-80(68)99-72)94-89(92-85)57-36-39-62-61-37-34-51(42-75(61)101-77(62)44-57)52-35-38-63-67-46-69-81(48-79(67)102-76(63)43-52)100-73-32-14-27-59(83(69)73)54-21-12-23-56(41-54)88-93-86(50-18-5-2-6-19-50)95-90(96-88)65-28-15-33-74-84(65)64-25-8-10-30-71(64)97-74/h1-48H. The van der Waals surface area contributed by atoms with Gasteiger partial charge in [-0.2, -0.15) is 0 Å². The Morgan fingerprint density at radius 1 is 0.147 bits per heavy atom. The van der Waals surface area contributed by atoms with Crippen molar-refractivity contribution in [2.24, 2.45) is 0 Å². The van der Waals surface area contributed by atoms with E-state index in [1.807, 2.05) is 152 Å². The van der Waals surface area contributed by atoms with Crippen LogP contribution in [0.3, 0.4) is 0 Å². The monoisotopic (exact) mass is 1310 g/mol. The minimum atomic E-state index is 0.525. The molecule has 0 atom stereocenters. The summed E-state index contributed by atoms with van der Waals surface area (Å²) in [5.41, 5.74) is 20.4. The first kappa shape index (κ1) is 56.0. The van der Waals surface area contributed by atoms with Gasteiger partial charge >= 0.3 is 0 Å². The highest BCUT2D eigenvalue weighted by Gasteiger charge is 2.24. The summed E-state index contributed by atoms with van der Waals surface area (Å²) in [6.07, 6.45) is 0. The Bertz CT molecular complexity index is 7280. The maximum absolute atomic E-state index is 6.78. The van der Waals surface area contributed by atoms with Crippen molar-refractivity contribution in [1.82, 2.24) is 29.9 Å². The van der Waals surface area contributed by atoms with Crippen molar-refractivity contribution in [2.45, 2.75) is 0 Å². The molecule has 0 amide bonds. The van der Waals surface area contributed by atoms with Gasteiger partial charge in [0, 0.05) is 110 Å². The predicted octanol–water partition coefficient (Wildman–Crippen LogP) is 24.5. The van der Waals surface area contributed by atoms with Crippen LogP contribution < -0.4 is 0 Å². The average molecular weight is 1310 g/mol. The quantitative estimate of drug-likeness (QED) is 0.135. The number of aromatic nitrogens is 6. The molecule has 0 aliphatic heterocycles. The van der Waals surface area contributed by atoms with E-state index in [4.69, 9.17) is 56.4 Å². The molecule has 102 heavy (non-hydrogen) atoms. The molecular formula is C90H48N6O6. The molecule has 0 aliphatic rings. The van der Waals surface area contributed by atoms with E-state index in [-0.39, 0.29) is 0 Å². The molecule has 0 radical (unpaired) electrons. The van der Waals surface area contributed by atoms with E-state index >= 15 is 0 Å². The summed E-state index contributed by atoms with van der Waals surface area (Å²) in [5.74, 6) is 3.32. The Kier molecular flexibility index (Phi) is 11.9. The second-order valence-corrected chi connectivity index (χ2v) is 26.0. The van der Waals surface area contributed by atoms with Crippen LogP contribution in [0.5, 0.6) is 0 Å². The highest BCUT2D eigenvalue weighted by Crippen LogP contribution is 2.46. The summed E-state index contributed by atoms with van der Waals surface area (Å²) in [5, 5.41) is 12.1. The van der Waals surface area contributed by atoms with Crippen LogP contribution in [0.15, 0.2) is 318 Å². The molecule has 0 saturated carbocycles. The zero-order chi connectivity index (χ0) is 66.7. The van der Waals surface area contributed by atoms with Gasteiger partial charge in [-0.1, -0.05) is 188 Å². The van der Waals surface area contributed by atoms with Crippen LogP contribution in [-0.2, 0) is 0 Å². The van der Waals surface area contributed by atoms with Crippen molar-refractivity contribution in [1.29, 1.82) is 0 Å². The molecule has 0 N–H and O–H groups in total. The first-order valence-corrected chi connectivity index (χ1v) is 33.8. The lowest BCUT2D eigenvalue weighted by molar-refractivity contribution is 0.655. The minimum Gasteiger partial charge on any atom is -0.456 e. The molecule has 0 unspecified atom stereocenters. The van der Waals surface area contributed by atoms with Crippen LogP contribution >= 0.6 is 0 Å². The van der Waals surface area contributed by atoms with E-state index in [1.54, 1.807) is 0 Å². The maximum Gasteiger partial charge on any atom is 0.164 e. The van der Waals surface area contributed by atoms with Crippen molar-refractivity contribution in [2.75, 3.05) is 0 Å². The molecule has 0 fully saturated rings. The van der Waals surface area contributed by atoms with Gasteiger partial charge in [-0.05, 0) is 124 Å². The van der Waals surface area contributed by atoms with Gasteiger partial charge in [0.15, 0.2) is 34.9 Å². The summed E-state index contributed by atoms with van der Waals surface area (Å²) in [7, 11) is 0. The second-order valence-electron chi connectivity index (χ2n) is 26.0. The van der Waals surface area contributed by atoms with Crippen molar-refractivity contribution in [3.8, 4) is 102 Å². The van der Waals surface area contributed by atoms with Crippen LogP contribution in [0.2, 0.25) is 0 Å². The van der Waals surface area contributed by atoms with E-state index in [2.05, 4.69) is 140 Å². The zero-order valence-corrected chi connectivity index (χ0v) is 53.8. The Labute approximate surface area is 577 Å². The summed E-state index contributed by atoms with van der Waals surface area (Å²) in [6, 6.07) is 99.0. The number of benzene rings is 14. The molecule has 12 heteroatoms. The van der Waals surface area contributed by atoms with E-state index in [0.717, 1.165) is 198 Å². The van der Waals surface area contributed by atoms with Crippen molar-refractivity contribution in [3.63, 3.8) is 0 Å². The lowest BCUT2D eigenvalue weighted by Crippen LogP contribution is -2.00. The number of furan rings is 6. The fraction of sp³-hybridized carbons (Fsp3) is 0. The number of fused-ring (bicyclic) bond motifs is 18. The van der Waals surface area contributed by atoms with E-state index in [1.165, 1.54) is 0 Å².